The number of nitrogens with zero attached hydrogens (tertiary/aromatic N) is 2. The minimum Gasteiger partial charge on any atom is -0.495 e. The van der Waals surface area contributed by atoms with Gasteiger partial charge < -0.3 is 15.1 Å². The Balaban J connectivity index is 1.53. The molecule has 2 aromatic rings. The largest absolute Gasteiger partial charge is 0.495 e. The zero-order valence-electron chi connectivity index (χ0n) is 24.1. The Bertz CT molecular complexity index is 1300. The Morgan fingerprint density at radius 1 is 1.28 bits per heavy atom. The molecule has 0 saturated heterocycles. The normalized spacial score (nSPS) is 19.5. The van der Waals surface area contributed by atoms with Crippen LogP contribution in [0.15, 0.2) is 40.1 Å². The van der Waals surface area contributed by atoms with Crippen LogP contribution in [-0.4, -0.2) is 34.4 Å². The summed E-state index contributed by atoms with van der Waals surface area (Å²) in [5.41, 5.74) is 2.10. The number of carbonyl (C=O) groups is 1. The number of methoxy groups -OCH3 is 1. The van der Waals surface area contributed by atoms with Gasteiger partial charge in [0, 0.05) is 12.6 Å². The van der Waals surface area contributed by atoms with Crippen LogP contribution >= 0.6 is 0 Å². The number of rotatable bonds is 13. The minimum absolute atomic E-state index is 0.0887. The number of nitrogens with one attached hydrogen (secondary N) is 2. The summed E-state index contributed by atoms with van der Waals surface area (Å²) in [6.45, 7) is 8.54. The summed E-state index contributed by atoms with van der Waals surface area (Å²) < 4.78 is 7.15. The summed E-state index contributed by atoms with van der Waals surface area (Å²) in [4.78, 5) is 33.4. The minimum atomic E-state index is -0.346. The van der Waals surface area contributed by atoms with Gasteiger partial charge in [0.1, 0.15) is 11.4 Å². The lowest BCUT2D eigenvalue weighted by molar-refractivity contribution is -0.115. The van der Waals surface area contributed by atoms with E-state index in [1.807, 2.05) is 24.4 Å². The van der Waals surface area contributed by atoms with Crippen LogP contribution in [0.1, 0.15) is 96.2 Å². The van der Waals surface area contributed by atoms with Crippen LogP contribution in [0.5, 0.6) is 5.75 Å². The summed E-state index contributed by atoms with van der Waals surface area (Å²) in [5, 5.41) is 8.53. The second-order valence-electron chi connectivity index (χ2n) is 11.5. The number of hydrogen-bond donors (Lipinski definition) is 2. The molecule has 1 aromatic heterocycles. The molecule has 4 unspecified atom stereocenters. The van der Waals surface area contributed by atoms with Crippen LogP contribution in [0.2, 0.25) is 0 Å². The number of ether oxygens (including phenoxy) is 1. The maximum atomic E-state index is 13.1. The Morgan fingerprint density at radius 3 is 2.72 bits per heavy atom. The lowest BCUT2D eigenvalue weighted by Crippen LogP contribution is -2.17. The lowest BCUT2D eigenvalue weighted by atomic mass is 9.85. The van der Waals surface area contributed by atoms with Crippen molar-refractivity contribution >= 4 is 23.5 Å². The second kappa shape index (κ2) is 12.8. The molecule has 1 fully saturated rings. The van der Waals surface area contributed by atoms with E-state index in [-0.39, 0.29) is 29.2 Å². The standard InChI is InChI=1S/C32H44N4O3/c1-6-9-23(24-12-13-24)10-8-11-26(37)16-20(3)21(4)25-14-15-29(39-5)28(18-25)36-31-30(35-32(36)38)27(33)17-22(7-2)19-34-31/h8,11,14-15,18-24,33H,6-7,9-10,12-13,16-17H2,1-5H3,(H,35,38). The van der Waals surface area contributed by atoms with Crippen LogP contribution in [0, 0.1) is 29.1 Å². The number of fused-ring (bicyclic) bond motifs is 1. The molecule has 7 heteroatoms. The van der Waals surface area contributed by atoms with E-state index < -0.39 is 0 Å². The molecular formula is C32H44N4O3. The van der Waals surface area contributed by atoms with E-state index in [9.17, 15) is 9.59 Å². The van der Waals surface area contributed by atoms with Crippen molar-refractivity contribution in [2.24, 2.45) is 28.7 Å². The van der Waals surface area contributed by atoms with Gasteiger partial charge in [-0.1, -0.05) is 52.7 Å². The SMILES string of the molecule is CCCC(CC=CC(=O)CC(C)C(C)c1ccc(OC)c(-n2c3c([nH]c2=O)C(=N)CC(CC)C=N3)c1)C1CC1. The maximum Gasteiger partial charge on any atom is 0.332 e. The second-order valence-corrected chi connectivity index (χ2v) is 11.5. The van der Waals surface area contributed by atoms with Crippen molar-refractivity contribution in [2.75, 3.05) is 7.11 Å². The quantitative estimate of drug-likeness (QED) is 0.268. The molecule has 1 saturated carbocycles. The van der Waals surface area contributed by atoms with Crippen LogP contribution in [0.4, 0.5) is 5.82 Å². The molecule has 1 aliphatic carbocycles. The number of aliphatic imine (C=N–C) groups is 1. The number of aromatic amines is 1. The van der Waals surface area contributed by atoms with E-state index in [2.05, 4.69) is 43.7 Å². The highest BCUT2D eigenvalue weighted by Crippen LogP contribution is 2.41. The average Bonchev–Trinajstić information content (AvgIpc) is 3.73. The number of imidazole rings is 1. The van der Waals surface area contributed by atoms with E-state index in [1.165, 1.54) is 30.3 Å². The van der Waals surface area contributed by atoms with Crippen LogP contribution in [0.25, 0.3) is 5.69 Å². The summed E-state index contributed by atoms with van der Waals surface area (Å²) >= 11 is 0. The molecular weight excluding hydrogens is 488 g/mol. The van der Waals surface area contributed by atoms with Crippen molar-refractivity contribution in [3.05, 3.63) is 52.1 Å². The molecule has 0 amide bonds. The Kier molecular flexibility index (Phi) is 9.41. The number of H-pyrrole nitrogens is 1. The molecule has 2 heterocycles. The van der Waals surface area contributed by atoms with E-state index in [0.717, 1.165) is 30.2 Å². The molecule has 0 bridgehead atoms. The number of allylic oxidation sites excluding steroid dienone is 2. The first-order valence-corrected chi connectivity index (χ1v) is 14.6. The zero-order valence-corrected chi connectivity index (χ0v) is 24.1. The highest BCUT2D eigenvalue weighted by Gasteiger charge is 2.29. The molecule has 2 N–H and O–H groups in total. The third-order valence-corrected chi connectivity index (χ3v) is 8.61. The highest BCUT2D eigenvalue weighted by molar-refractivity contribution is 6.03. The first kappa shape index (κ1) is 28.8. The zero-order chi connectivity index (χ0) is 28.1. The first-order valence-electron chi connectivity index (χ1n) is 14.6. The summed E-state index contributed by atoms with van der Waals surface area (Å²) in [6, 6.07) is 5.83. The third kappa shape index (κ3) is 6.68. The van der Waals surface area contributed by atoms with Gasteiger partial charge in [-0.25, -0.2) is 14.4 Å². The fraction of sp³-hybridized carbons (Fsp3) is 0.562. The summed E-state index contributed by atoms with van der Waals surface area (Å²) in [6.07, 6.45) is 13.8. The molecule has 4 atom stereocenters. The van der Waals surface area contributed by atoms with Crippen molar-refractivity contribution in [2.45, 2.75) is 85.0 Å². The van der Waals surface area contributed by atoms with E-state index in [0.29, 0.717) is 41.5 Å². The van der Waals surface area contributed by atoms with Gasteiger partial charge in [0.15, 0.2) is 11.6 Å². The Morgan fingerprint density at radius 2 is 2.05 bits per heavy atom. The van der Waals surface area contributed by atoms with Gasteiger partial charge in [-0.15, -0.1) is 0 Å². The smallest absolute Gasteiger partial charge is 0.332 e. The van der Waals surface area contributed by atoms with Gasteiger partial charge in [-0.2, -0.15) is 0 Å². The van der Waals surface area contributed by atoms with Gasteiger partial charge in [-0.05, 0) is 85.5 Å². The fourth-order valence-corrected chi connectivity index (χ4v) is 5.74. The van der Waals surface area contributed by atoms with Gasteiger partial charge in [0.05, 0.1) is 18.5 Å². The number of aromatic nitrogens is 2. The van der Waals surface area contributed by atoms with Crippen molar-refractivity contribution < 1.29 is 9.53 Å². The van der Waals surface area contributed by atoms with E-state index in [1.54, 1.807) is 13.2 Å². The molecule has 39 heavy (non-hydrogen) atoms. The van der Waals surface area contributed by atoms with Gasteiger partial charge in [-0.3, -0.25) is 4.79 Å². The highest BCUT2D eigenvalue weighted by atomic mass is 16.5. The van der Waals surface area contributed by atoms with Crippen molar-refractivity contribution in [3.8, 4) is 11.4 Å². The molecule has 7 nitrogen and oxygen atoms in total. The molecule has 0 spiro atoms. The van der Waals surface area contributed by atoms with Crippen molar-refractivity contribution in [1.29, 1.82) is 5.41 Å². The predicted octanol–water partition coefficient (Wildman–Crippen LogP) is 7.15. The van der Waals surface area contributed by atoms with Gasteiger partial charge in [0.2, 0.25) is 0 Å². The molecule has 1 aliphatic heterocycles. The maximum absolute atomic E-state index is 13.1. The van der Waals surface area contributed by atoms with Crippen LogP contribution in [0.3, 0.4) is 0 Å². The number of hydrogen-bond acceptors (Lipinski definition) is 5. The first-order chi connectivity index (χ1) is 18.8. The molecule has 0 radical (unpaired) electrons. The number of benzene rings is 1. The fourth-order valence-electron chi connectivity index (χ4n) is 5.74. The number of ketones is 1. The molecule has 2 aliphatic rings. The van der Waals surface area contributed by atoms with Gasteiger partial charge in [0.25, 0.3) is 0 Å². The number of carbonyl (C=O) groups excluding carboxylic acids is 1. The Labute approximate surface area is 232 Å². The van der Waals surface area contributed by atoms with Crippen molar-refractivity contribution in [1.82, 2.24) is 9.55 Å². The molecule has 1 aromatic carbocycles. The lowest BCUT2D eigenvalue weighted by Gasteiger charge is -2.21. The van der Waals surface area contributed by atoms with E-state index in [4.69, 9.17) is 10.1 Å². The monoisotopic (exact) mass is 532 g/mol. The summed E-state index contributed by atoms with van der Waals surface area (Å²) in [7, 11) is 1.58. The van der Waals surface area contributed by atoms with Crippen LogP contribution < -0.4 is 10.4 Å². The van der Waals surface area contributed by atoms with Crippen LogP contribution in [-0.2, 0) is 4.79 Å². The molecule has 210 valence electrons. The Hall–Kier alpha value is -3.22. The van der Waals surface area contributed by atoms with Crippen molar-refractivity contribution in [3.63, 3.8) is 0 Å². The predicted molar refractivity (Wildman–Crippen MR) is 158 cm³/mol. The topological polar surface area (TPSA) is 100 Å². The molecule has 4 rings (SSSR count). The third-order valence-electron chi connectivity index (χ3n) is 8.61. The average molecular weight is 533 g/mol. The van der Waals surface area contributed by atoms with E-state index >= 15 is 0 Å². The summed E-state index contributed by atoms with van der Waals surface area (Å²) in [5.74, 6) is 3.11. The van der Waals surface area contributed by atoms with Gasteiger partial charge >= 0.3 is 5.69 Å².